The third-order valence-corrected chi connectivity index (χ3v) is 4.62. The molecule has 1 aliphatic heterocycles. The van der Waals surface area contributed by atoms with Gasteiger partial charge in [0, 0.05) is 11.8 Å². The molecule has 0 aliphatic carbocycles. The van der Waals surface area contributed by atoms with Crippen molar-refractivity contribution in [3.05, 3.63) is 79.0 Å². The van der Waals surface area contributed by atoms with E-state index in [1.54, 1.807) is 6.07 Å². The van der Waals surface area contributed by atoms with Gasteiger partial charge in [0.1, 0.15) is 23.8 Å². The highest BCUT2D eigenvalue weighted by atomic mass is 16.6. The van der Waals surface area contributed by atoms with Crippen LogP contribution in [0.5, 0.6) is 11.5 Å². The Morgan fingerprint density at radius 1 is 0.964 bits per heavy atom. The highest BCUT2D eigenvalue weighted by molar-refractivity contribution is 5.97. The molecule has 1 atom stereocenters. The Morgan fingerprint density at radius 3 is 2.57 bits per heavy atom. The molecule has 0 radical (unpaired) electrons. The van der Waals surface area contributed by atoms with E-state index in [9.17, 15) is 4.79 Å². The fourth-order valence-electron chi connectivity index (χ4n) is 3.26. The zero-order valence-electron chi connectivity index (χ0n) is 14.9. The summed E-state index contributed by atoms with van der Waals surface area (Å²) in [6.07, 6.45) is 1.13. The Bertz CT molecular complexity index is 1150. The van der Waals surface area contributed by atoms with Crippen LogP contribution in [0.15, 0.2) is 79.0 Å². The molecule has 0 saturated carbocycles. The lowest BCUT2D eigenvalue weighted by atomic mass is 10.1. The average Bonchev–Trinajstić information content (AvgIpc) is 3.12. The van der Waals surface area contributed by atoms with Gasteiger partial charge in [0.15, 0.2) is 11.5 Å². The molecule has 138 valence electrons. The number of anilines is 1. The number of carbonyl (C=O) groups excluding carboxylic acids is 1. The van der Waals surface area contributed by atoms with E-state index in [-0.39, 0.29) is 12.5 Å². The number of carbonyl (C=O) groups is 1. The summed E-state index contributed by atoms with van der Waals surface area (Å²) in [5, 5.41) is 2.99. The summed E-state index contributed by atoms with van der Waals surface area (Å²) in [4.78, 5) is 17.6. The number of para-hydroxylation sites is 2. The molecule has 0 bridgehead atoms. The van der Waals surface area contributed by atoms with Crippen LogP contribution in [0.4, 0.5) is 5.82 Å². The van der Waals surface area contributed by atoms with E-state index in [2.05, 4.69) is 5.32 Å². The molecule has 1 aliphatic rings. The van der Waals surface area contributed by atoms with E-state index in [1.165, 1.54) is 0 Å². The third-order valence-electron chi connectivity index (χ3n) is 4.62. The quantitative estimate of drug-likeness (QED) is 0.595. The molecule has 0 fully saturated rings. The third kappa shape index (κ3) is 2.85. The first-order valence-electron chi connectivity index (χ1n) is 9.01. The van der Waals surface area contributed by atoms with Crippen LogP contribution in [0.3, 0.4) is 0 Å². The molecule has 1 N–H and O–H groups in total. The molecule has 5 rings (SSSR count). The lowest BCUT2D eigenvalue weighted by molar-refractivity contribution is -0.125. The number of nitrogens with zero attached hydrogens (tertiary/aromatic N) is 2. The van der Waals surface area contributed by atoms with Crippen molar-refractivity contribution in [1.29, 1.82) is 0 Å². The summed E-state index contributed by atoms with van der Waals surface area (Å²) >= 11 is 0. The minimum atomic E-state index is -0.743. The summed E-state index contributed by atoms with van der Waals surface area (Å²) in [6, 6.07) is 22.8. The van der Waals surface area contributed by atoms with Crippen LogP contribution in [0.1, 0.15) is 0 Å². The fourth-order valence-corrected chi connectivity index (χ4v) is 3.26. The number of ether oxygens (including phenoxy) is 2. The number of benzene rings is 2. The maximum Gasteiger partial charge on any atom is 0.270 e. The molecular formula is C22H17N3O3. The monoisotopic (exact) mass is 371 g/mol. The van der Waals surface area contributed by atoms with Gasteiger partial charge in [0.05, 0.1) is 0 Å². The maximum absolute atomic E-state index is 12.9. The van der Waals surface area contributed by atoms with Gasteiger partial charge in [-0.15, -0.1) is 0 Å². The largest absolute Gasteiger partial charge is 0.485 e. The second-order valence-corrected chi connectivity index (χ2v) is 6.46. The Hall–Kier alpha value is -3.80. The van der Waals surface area contributed by atoms with Crippen molar-refractivity contribution in [1.82, 2.24) is 9.38 Å². The first-order valence-corrected chi connectivity index (χ1v) is 9.01. The van der Waals surface area contributed by atoms with Crippen molar-refractivity contribution in [2.45, 2.75) is 6.10 Å². The van der Waals surface area contributed by atoms with Crippen LogP contribution >= 0.6 is 0 Å². The summed E-state index contributed by atoms with van der Waals surface area (Å²) in [5.74, 6) is 1.54. The number of nitrogens with one attached hydrogen (secondary N) is 1. The van der Waals surface area contributed by atoms with E-state index in [0.717, 1.165) is 11.2 Å². The second kappa shape index (κ2) is 6.74. The second-order valence-electron chi connectivity index (χ2n) is 6.46. The molecular weight excluding hydrogens is 354 g/mol. The van der Waals surface area contributed by atoms with Crippen LogP contribution < -0.4 is 14.8 Å². The number of pyridine rings is 1. The van der Waals surface area contributed by atoms with E-state index in [4.69, 9.17) is 14.5 Å². The first-order chi connectivity index (χ1) is 13.8. The number of aromatic nitrogens is 2. The molecule has 3 heterocycles. The smallest absolute Gasteiger partial charge is 0.270 e. The SMILES string of the molecule is O=C(Nc1c(-c2ccccc2)nc2ccccn12)[C@@H]1COc2ccccc2O1. The number of hydrogen-bond donors (Lipinski definition) is 1. The van der Waals surface area contributed by atoms with Crippen molar-refractivity contribution in [2.24, 2.45) is 0 Å². The van der Waals surface area contributed by atoms with Gasteiger partial charge in [-0.05, 0) is 24.3 Å². The Balaban J connectivity index is 1.49. The Labute approximate surface area is 161 Å². The Morgan fingerprint density at radius 2 is 1.71 bits per heavy atom. The van der Waals surface area contributed by atoms with Gasteiger partial charge in [0.2, 0.25) is 6.10 Å². The lowest BCUT2D eigenvalue weighted by Gasteiger charge is -2.25. The fraction of sp³-hybridized carbons (Fsp3) is 0.0909. The van der Waals surface area contributed by atoms with E-state index >= 15 is 0 Å². The van der Waals surface area contributed by atoms with Crippen molar-refractivity contribution >= 4 is 17.4 Å². The van der Waals surface area contributed by atoms with Gasteiger partial charge < -0.3 is 14.8 Å². The highest BCUT2D eigenvalue weighted by Gasteiger charge is 2.29. The van der Waals surface area contributed by atoms with Crippen LogP contribution in [-0.2, 0) is 4.79 Å². The number of rotatable bonds is 3. The molecule has 0 unspecified atom stereocenters. The number of fused-ring (bicyclic) bond motifs is 2. The minimum Gasteiger partial charge on any atom is -0.485 e. The van der Waals surface area contributed by atoms with Gasteiger partial charge in [0.25, 0.3) is 5.91 Å². The minimum absolute atomic E-state index is 0.153. The van der Waals surface area contributed by atoms with Crippen LogP contribution in [0.25, 0.3) is 16.9 Å². The van der Waals surface area contributed by atoms with E-state index < -0.39 is 6.10 Å². The lowest BCUT2D eigenvalue weighted by Crippen LogP contribution is -2.40. The van der Waals surface area contributed by atoms with Crippen LogP contribution in [-0.4, -0.2) is 28.0 Å². The molecule has 28 heavy (non-hydrogen) atoms. The maximum atomic E-state index is 12.9. The molecule has 0 saturated heterocycles. The van der Waals surface area contributed by atoms with Gasteiger partial charge in [-0.3, -0.25) is 9.20 Å². The van der Waals surface area contributed by atoms with Gasteiger partial charge in [-0.1, -0.05) is 48.5 Å². The zero-order valence-corrected chi connectivity index (χ0v) is 14.9. The molecule has 6 heteroatoms. The molecule has 2 aromatic heterocycles. The van der Waals surface area contributed by atoms with Crippen molar-refractivity contribution < 1.29 is 14.3 Å². The topological polar surface area (TPSA) is 64.9 Å². The number of amides is 1. The van der Waals surface area contributed by atoms with Crippen LogP contribution in [0, 0.1) is 0 Å². The average molecular weight is 371 g/mol. The van der Waals surface area contributed by atoms with Gasteiger partial charge in [-0.2, -0.15) is 0 Å². The summed E-state index contributed by atoms with van der Waals surface area (Å²) in [7, 11) is 0. The standard InChI is InChI=1S/C22H17N3O3/c26-22(18-14-27-16-10-4-5-11-17(16)28-18)24-21-20(15-8-2-1-3-9-15)23-19-12-6-7-13-25(19)21/h1-13,18H,14H2,(H,24,26)/t18-/m0/s1. The van der Waals surface area contributed by atoms with E-state index in [0.29, 0.717) is 23.0 Å². The normalized spacial score (nSPS) is 15.4. The number of imidazole rings is 1. The number of hydrogen-bond acceptors (Lipinski definition) is 4. The zero-order chi connectivity index (χ0) is 18.9. The predicted molar refractivity (Wildman–Crippen MR) is 106 cm³/mol. The first kappa shape index (κ1) is 16.4. The summed E-state index contributed by atoms with van der Waals surface area (Å²) < 4.78 is 13.4. The summed E-state index contributed by atoms with van der Waals surface area (Å²) in [5.41, 5.74) is 2.38. The summed E-state index contributed by atoms with van der Waals surface area (Å²) in [6.45, 7) is 0.153. The van der Waals surface area contributed by atoms with Crippen molar-refractivity contribution in [2.75, 3.05) is 11.9 Å². The van der Waals surface area contributed by atoms with Gasteiger partial charge >= 0.3 is 0 Å². The van der Waals surface area contributed by atoms with Crippen molar-refractivity contribution in [3.63, 3.8) is 0 Å². The van der Waals surface area contributed by atoms with E-state index in [1.807, 2.05) is 77.3 Å². The molecule has 1 amide bonds. The molecule has 2 aromatic carbocycles. The Kier molecular flexibility index (Phi) is 3.94. The molecule has 6 nitrogen and oxygen atoms in total. The molecule has 0 spiro atoms. The predicted octanol–water partition coefficient (Wildman–Crippen LogP) is 3.78. The highest BCUT2D eigenvalue weighted by Crippen LogP contribution is 2.32. The molecule has 4 aromatic rings. The van der Waals surface area contributed by atoms with Gasteiger partial charge in [-0.25, -0.2) is 4.98 Å². The van der Waals surface area contributed by atoms with Crippen LogP contribution in [0.2, 0.25) is 0 Å². The van der Waals surface area contributed by atoms with Crippen molar-refractivity contribution in [3.8, 4) is 22.8 Å².